The average molecular weight is 287 g/mol. The van der Waals surface area contributed by atoms with Crippen LogP contribution in [-0.4, -0.2) is 29.8 Å². The van der Waals surface area contributed by atoms with Crippen LogP contribution in [0.25, 0.3) is 5.69 Å². The first-order valence-corrected chi connectivity index (χ1v) is 6.97. The van der Waals surface area contributed by atoms with Gasteiger partial charge in [-0.1, -0.05) is 30.0 Å². The van der Waals surface area contributed by atoms with Gasteiger partial charge in [-0.15, -0.1) is 10.2 Å². The normalized spacial score (nSPS) is 10.8. The van der Waals surface area contributed by atoms with Gasteiger partial charge in [0.2, 0.25) is 5.95 Å². The van der Waals surface area contributed by atoms with Gasteiger partial charge in [-0.2, -0.15) is 15.0 Å². The molecule has 20 heavy (non-hydrogen) atoms. The highest BCUT2D eigenvalue weighted by atomic mass is 32.2. The summed E-state index contributed by atoms with van der Waals surface area (Å²) in [5.41, 5.74) is 7.45. The molecule has 2 N–H and O–H groups in total. The van der Waals surface area contributed by atoms with E-state index in [1.807, 2.05) is 37.4 Å². The van der Waals surface area contributed by atoms with Crippen molar-refractivity contribution < 1.29 is 0 Å². The first kappa shape index (κ1) is 12.7. The Labute approximate surface area is 119 Å². The minimum Gasteiger partial charge on any atom is -0.368 e. The predicted molar refractivity (Wildman–Crippen MR) is 76.3 cm³/mol. The number of benzene rings is 1. The molecule has 0 saturated heterocycles. The van der Waals surface area contributed by atoms with Crippen molar-refractivity contribution in [3.8, 4) is 5.69 Å². The molecule has 0 radical (unpaired) electrons. The summed E-state index contributed by atoms with van der Waals surface area (Å²) in [7, 11) is 1.83. The van der Waals surface area contributed by atoms with Crippen molar-refractivity contribution in [2.24, 2.45) is 7.05 Å². The van der Waals surface area contributed by atoms with Gasteiger partial charge in [0.1, 0.15) is 0 Å². The summed E-state index contributed by atoms with van der Waals surface area (Å²) in [6.07, 6.45) is 1.75. The molecule has 0 atom stereocenters. The number of nitrogen functional groups attached to an aromatic ring is 1. The summed E-state index contributed by atoms with van der Waals surface area (Å²) >= 11 is 1.52. The predicted octanol–water partition coefficient (Wildman–Crippen LogP) is 1.27. The summed E-state index contributed by atoms with van der Waals surface area (Å²) in [6.45, 7) is 0. The summed E-state index contributed by atoms with van der Waals surface area (Å²) in [5, 5.41) is 17.2. The molecule has 0 aliphatic heterocycles. The molecule has 0 aliphatic rings. The average Bonchev–Trinajstić information content (AvgIpc) is 3.07. The van der Waals surface area contributed by atoms with Gasteiger partial charge < -0.3 is 5.73 Å². The molecule has 102 valence electrons. The summed E-state index contributed by atoms with van der Waals surface area (Å²) < 4.78 is 1.74. The molecule has 7 nitrogen and oxygen atoms in total. The van der Waals surface area contributed by atoms with Crippen molar-refractivity contribution in [2.45, 2.75) is 10.9 Å². The van der Waals surface area contributed by atoms with Gasteiger partial charge in [-0.25, -0.2) is 0 Å². The van der Waals surface area contributed by atoms with E-state index in [4.69, 9.17) is 5.73 Å². The smallest absolute Gasteiger partial charge is 0.222 e. The Balaban J connectivity index is 1.70. The number of rotatable bonds is 4. The van der Waals surface area contributed by atoms with E-state index in [0.717, 1.165) is 16.5 Å². The SMILES string of the molecule is Cn1c(N)nnc1SCc1cnn(-c2ccccc2)n1. The molecular weight excluding hydrogens is 274 g/mol. The highest BCUT2D eigenvalue weighted by molar-refractivity contribution is 7.98. The number of para-hydroxylation sites is 1. The van der Waals surface area contributed by atoms with Gasteiger partial charge in [0.15, 0.2) is 5.16 Å². The zero-order valence-electron chi connectivity index (χ0n) is 10.8. The van der Waals surface area contributed by atoms with Gasteiger partial charge in [-0.3, -0.25) is 4.57 Å². The van der Waals surface area contributed by atoms with Crippen LogP contribution in [0.3, 0.4) is 0 Å². The van der Waals surface area contributed by atoms with Crippen molar-refractivity contribution in [3.63, 3.8) is 0 Å². The maximum atomic E-state index is 5.63. The first-order valence-electron chi connectivity index (χ1n) is 5.98. The minimum atomic E-state index is 0.403. The van der Waals surface area contributed by atoms with Gasteiger partial charge in [0.25, 0.3) is 0 Å². The van der Waals surface area contributed by atoms with Crippen LogP contribution in [0.1, 0.15) is 5.69 Å². The molecule has 0 unspecified atom stereocenters. The molecule has 3 rings (SSSR count). The van der Waals surface area contributed by atoms with Crippen molar-refractivity contribution in [2.75, 3.05) is 5.73 Å². The van der Waals surface area contributed by atoms with Crippen molar-refractivity contribution in [1.29, 1.82) is 0 Å². The van der Waals surface area contributed by atoms with Crippen LogP contribution < -0.4 is 5.73 Å². The largest absolute Gasteiger partial charge is 0.368 e. The highest BCUT2D eigenvalue weighted by Gasteiger charge is 2.08. The monoisotopic (exact) mass is 287 g/mol. The standard InChI is InChI=1S/C12H13N7S/c1-18-11(13)15-16-12(18)20-8-9-7-14-19(17-9)10-5-3-2-4-6-10/h2-7H,8H2,1H3,(H2,13,15). The lowest BCUT2D eigenvalue weighted by molar-refractivity contribution is 0.744. The van der Waals surface area contributed by atoms with Crippen molar-refractivity contribution in [3.05, 3.63) is 42.2 Å². The minimum absolute atomic E-state index is 0.403. The van der Waals surface area contributed by atoms with Crippen LogP contribution >= 0.6 is 11.8 Å². The molecular formula is C12H13N7S. The maximum Gasteiger partial charge on any atom is 0.222 e. The van der Waals surface area contributed by atoms with Gasteiger partial charge in [0, 0.05) is 12.8 Å². The molecule has 1 aromatic carbocycles. The molecule has 0 amide bonds. The van der Waals surface area contributed by atoms with E-state index in [1.165, 1.54) is 11.8 Å². The molecule has 2 heterocycles. The van der Waals surface area contributed by atoms with Crippen LogP contribution in [0, 0.1) is 0 Å². The second kappa shape index (κ2) is 5.33. The number of thioether (sulfide) groups is 1. The molecule has 2 aromatic heterocycles. The zero-order valence-corrected chi connectivity index (χ0v) is 11.7. The van der Waals surface area contributed by atoms with E-state index < -0.39 is 0 Å². The second-order valence-corrected chi connectivity index (χ2v) is 5.09. The lowest BCUT2D eigenvalue weighted by Crippen LogP contribution is -1.99. The van der Waals surface area contributed by atoms with Crippen LogP contribution in [0.15, 0.2) is 41.7 Å². The van der Waals surface area contributed by atoms with Crippen LogP contribution in [0.2, 0.25) is 0 Å². The Morgan fingerprint density at radius 1 is 1.20 bits per heavy atom. The third kappa shape index (κ3) is 2.50. The summed E-state index contributed by atoms with van der Waals surface area (Å²) in [5.74, 6) is 1.07. The lowest BCUT2D eigenvalue weighted by Gasteiger charge is -1.99. The van der Waals surface area contributed by atoms with Gasteiger partial charge in [-0.05, 0) is 12.1 Å². The van der Waals surface area contributed by atoms with E-state index in [1.54, 1.807) is 15.6 Å². The van der Waals surface area contributed by atoms with E-state index in [0.29, 0.717) is 11.7 Å². The van der Waals surface area contributed by atoms with Gasteiger partial charge in [0.05, 0.1) is 17.6 Å². The number of anilines is 1. The Morgan fingerprint density at radius 2 is 2.00 bits per heavy atom. The topological polar surface area (TPSA) is 87.4 Å². The highest BCUT2D eigenvalue weighted by Crippen LogP contribution is 2.20. The van der Waals surface area contributed by atoms with Crippen molar-refractivity contribution >= 4 is 17.7 Å². The van der Waals surface area contributed by atoms with E-state index in [-0.39, 0.29) is 0 Å². The third-order valence-corrected chi connectivity index (χ3v) is 3.80. The fraction of sp³-hybridized carbons (Fsp3) is 0.167. The van der Waals surface area contributed by atoms with E-state index in [9.17, 15) is 0 Å². The third-order valence-electron chi connectivity index (χ3n) is 2.74. The summed E-state index contributed by atoms with van der Waals surface area (Å²) in [4.78, 5) is 1.61. The van der Waals surface area contributed by atoms with E-state index >= 15 is 0 Å². The van der Waals surface area contributed by atoms with Crippen LogP contribution in [0.4, 0.5) is 5.95 Å². The molecule has 0 saturated carbocycles. The molecule has 0 bridgehead atoms. The molecule has 0 spiro atoms. The summed E-state index contributed by atoms with van der Waals surface area (Å²) in [6, 6.07) is 9.79. The number of hydrogen-bond donors (Lipinski definition) is 1. The van der Waals surface area contributed by atoms with Crippen LogP contribution in [0.5, 0.6) is 0 Å². The molecule has 0 aliphatic carbocycles. The van der Waals surface area contributed by atoms with E-state index in [2.05, 4.69) is 20.4 Å². The number of hydrogen-bond acceptors (Lipinski definition) is 6. The Kier molecular flexibility index (Phi) is 3.38. The Morgan fingerprint density at radius 3 is 2.70 bits per heavy atom. The fourth-order valence-electron chi connectivity index (χ4n) is 1.64. The van der Waals surface area contributed by atoms with Crippen molar-refractivity contribution in [1.82, 2.24) is 29.8 Å². The van der Waals surface area contributed by atoms with Crippen LogP contribution in [-0.2, 0) is 12.8 Å². The Hall–Kier alpha value is -2.35. The maximum absolute atomic E-state index is 5.63. The number of nitrogens with two attached hydrogens (primary N) is 1. The van der Waals surface area contributed by atoms with Gasteiger partial charge >= 0.3 is 0 Å². The molecule has 0 fully saturated rings. The zero-order chi connectivity index (χ0) is 13.9. The first-order chi connectivity index (χ1) is 9.74. The quantitative estimate of drug-likeness (QED) is 0.727. The Bertz CT molecular complexity index is 704. The second-order valence-electron chi connectivity index (χ2n) is 4.15. The number of aromatic nitrogens is 6. The fourth-order valence-corrected chi connectivity index (χ4v) is 2.43. The molecule has 3 aromatic rings. The molecule has 8 heteroatoms. The number of nitrogens with zero attached hydrogens (tertiary/aromatic N) is 6. The lowest BCUT2D eigenvalue weighted by atomic mass is 10.3.